The second kappa shape index (κ2) is 6.53. The number of benzene rings is 2. The van der Waals surface area contributed by atoms with E-state index < -0.39 is 0 Å². The monoisotopic (exact) mass is 284 g/mol. The van der Waals surface area contributed by atoms with Gasteiger partial charge in [0.15, 0.2) is 5.11 Å². The molecule has 0 aromatic heterocycles. The Morgan fingerprint density at radius 1 is 1.00 bits per heavy atom. The summed E-state index contributed by atoms with van der Waals surface area (Å²) in [6.07, 6.45) is 0. The molecule has 1 atom stereocenters. The smallest absolute Gasteiger partial charge is 0.171 e. The molecule has 0 fully saturated rings. The first-order valence-corrected chi connectivity index (χ1v) is 7.16. The minimum Gasteiger partial charge on any atom is -0.356 e. The summed E-state index contributed by atoms with van der Waals surface area (Å²) in [6, 6.07) is 16.8. The van der Waals surface area contributed by atoms with Crippen molar-refractivity contribution in [2.24, 2.45) is 0 Å². The fourth-order valence-corrected chi connectivity index (χ4v) is 2.53. The first-order chi connectivity index (χ1) is 9.54. The average Bonchev–Trinajstić information content (AvgIpc) is 2.38. The lowest BCUT2D eigenvalue weighted by Crippen LogP contribution is -2.30. The van der Waals surface area contributed by atoms with Gasteiger partial charge >= 0.3 is 0 Å². The maximum atomic E-state index is 5.38. The average molecular weight is 284 g/mol. The molecule has 2 rings (SSSR count). The van der Waals surface area contributed by atoms with Crippen LogP contribution < -0.4 is 10.6 Å². The Balaban J connectivity index is 1.99. The summed E-state index contributed by atoms with van der Waals surface area (Å²) in [5.41, 5.74) is 4.70. The number of thiocarbonyl (C=S) groups is 1. The maximum absolute atomic E-state index is 5.38. The van der Waals surface area contributed by atoms with Gasteiger partial charge in [0.25, 0.3) is 0 Å². The molecule has 3 heteroatoms. The van der Waals surface area contributed by atoms with Crippen LogP contribution in [-0.4, -0.2) is 5.11 Å². The van der Waals surface area contributed by atoms with Crippen molar-refractivity contribution >= 4 is 23.0 Å². The van der Waals surface area contributed by atoms with Gasteiger partial charge in [-0.3, -0.25) is 0 Å². The van der Waals surface area contributed by atoms with Gasteiger partial charge in [-0.1, -0.05) is 36.4 Å². The number of nitrogens with one attached hydrogen (secondary N) is 2. The summed E-state index contributed by atoms with van der Waals surface area (Å²) in [7, 11) is 0. The molecular weight excluding hydrogens is 264 g/mol. The van der Waals surface area contributed by atoms with Crippen molar-refractivity contribution in [1.82, 2.24) is 5.32 Å². The van der Waals surface area contributed by atoms with E-state index in [4.69, 9.17) is 12.2 Å². The minimum absolute atomic E-state index is 0.183. The number of hydrogen-bond donors (Lipinski definition) is 2. The zero-order valence-electron chi connectivity index (χ0n) is 12.1. The first kappa shape index (κ1) is 14.5. The van der Waals surface area contributed by atoms with Crippen LogP contribution in [-0.2, 0) is 0 Å². The molecule has 0 unspecified atom stereocenters. The van der Waals surface area contributed by atoms with Crippen molar-refractivity contribution in [2.45, 2.75) is 26.8 Å². The van der Waals surface area contributed by atoms with E-state index in [1.165, 1.54) is 16.7 Å². The molecule has 2 N–H and O–H groups in total. The highest BCUT2D eigenvalue weighted by atomic mass is 32.1. The summed E-state index contributed by atoms with van der Waals surface area (Å²) in [5, 5.41) is 7.19. The number of anilines is 1. The summed E-state index contributed by atoms with van der Waals surface area (Å²) in [6.45, 7) is 6.27. The molecule has 2 nitrogen and oxygen atoms in total. The van der Waals surface area contributed by atoms with Crippen LogP contribution in [0.5, 0.6) is 0 Å². The van der Waals surface area contributed by atoms with Crippen LogP contribution >= 0.6 is 12.2 Å². The van der Waals surface area contributed by atoms with Crippen molar-refractivity contribution in [3.8, 4) is 0 Å². The van der Waals surface area contributed by atoms with E-state index in [2.05, 4.69) is 61.7 Å². The van der Waals surface area contributed by atoms with Gasteiger partial charge in [-0.05, 0) is 61.8 Å². The lowest BCUT2D eigenvalue weighted by atomic mass is 10.1. The Morgan fingerprint density at radius 2 is 1.60 bits per heavy atom. The number of aryl methyl sites for hydroxylation is 2. The molecule has 0 aliphatic carbocycles. The van der Waals surface area contributed by atoms with Gasteiger partial charge in [-0.25, -0.2) is 0 Å². The molecule has 0 heterocycles. The van der Waals surface area contributed by atoms with Crippen molar-refractivity contribution in [1.29, 1.82) is 0 Å². The molecule has 0 aliphatic heterocycles. The minimum atomic E-state index is 0.183. The standard InChI is InChI=1S/C17H20N2S/c1-12-9-13(2)11-16(10-12)19-17(20)18-14(3)15-7-5-4-6-8-15/h4-11,14H,1-3H3,(H2,18,19,20)/t14-/m0/s1. The van der Waals surface area contributed by atoms with Crippen LogP contribution in [0.15, 0.2) is 48.5 Å². The van der Waals surface area contributed by atoms with E-state index in [1.54, 1.807) is 0 Å². The summed E-state index contributed by atoms with van der Waals surface area (Å²) < 4.78 is 0. The molecule has 2 aromatic carbocycles. The Bertz CT molecular complexity index is 573. The predicted octanol–water partition coefficient (Wildman–Crippen LogP) is 4.35. The largest absolute Gasteiger partial charge is 0.356 e. The molecule has 0 spiro atoms. The quantitative estimate of drug-likeness (QED) is 0.819. The molecule has 0 radical (unpaired) electrons. The third-order valence-corrected chi connectivity index (χ3v) is 3.35. The fourth-order valence-electron chi connectivity index (χ4n) is 2.24. The van der Waals surface area contributed by atoms with Gasteiger partial charge in [0.2, 0.25) is 0 Å². The molecule has 0 saturated carbocycles. The molecular formula is C17H20N2S. The van der Waals surface area contributed by atoms with E-state index in [0.29, 0.717) is 5.11 Å². The summed E-state index contributed by atoms with van der Waals surface area (Å²) in [4.78, 5) is 0. The van der Waals surface area contributed by atoms with E-state index in [1.807, 2.05) is 18.2 Å². The highest BCUT2D eigenvalue weighted by Crippen LogP contribution is 2.15. The van der Waals surface area contributed by atoms with Crippen LogP contribution in [0.1, 0.15) is 29.7 Å². The lowest BCUT2D eigenvalue weighted by molar-refractivity contribution is 0.722. The van der Waals surface area contributed by atoms with Gasteiger partial charge in [-0.2, -0.15) is 0 Å². The van der Waals surface area contributed by atoms with Crippen LogP contribution in [0.2, 0.25) is 0 Å². The third kappa shape index (κ3) is 4.07. The van der Waals surface area contributed by atoms with Gasteiger partial charge in [-0.15, -0.1) is 0 Å². The van der Waals surface area contributed by atoms with Gasteiger partial charge in [0, 0.05) is 5.69 Å². The zero-order valence-corrected chi connectivity index (χ0v) is 12.9. The Kier molecular flexibility index (Phi) is 4.74. The molecule has 2 aromatic rings. The number of hydrogen-bond acceptors (Lipinski definition) is 1. The SMILES string of the molecule is Cc1cc(C)cc(NC(=S)N[C@@H](C)c2ccccc2)c1. The van der Waals surface area contributed by atoms with Gasteiger partial charge in [0.1, 0.15) is 0 Å². The van der Waals surface area contributed by atoms with Crippen LogP contribution in [0, 0.1) is 13.8 Å². The number of rotatable bonds is 3. The summed E-state index contributed by atoms with van der Waals surface area (Å²) in [5.74, 6) is 0. The van der Waals surface area contributed by atoms with Crippen molar-refractivity contribution in [2.75, 3.05) is 5.32 Å². The van der Waals surface area contributed by atoms with Crippen LogP contribution in [0.3, 0.4) is 0 Å². The molecule has 0 bridgehead atoms. The highest BCUT2D eigenvalue weighted by Gasteiger charge is 2.06. The van der Waals surface area contributed by atoms with E-state index >= 15 is 0 Å². The second-order valence-electron chi connectivity index (χ2n) is 5.11. The highest BCUT2D eigenvalue weighted by molar-refractivity contribution is 7.80. The van der Waals surface area contributed by atoms with E-state index in [0.717, 1.165) is 5.69 Å². The van der Waals surface area contributed by atoms with Gasteiger partial charge in [0.05, 0.1) is 6.04 Å². The van der Waals surface area contributed by atoms with E-state index in [-0.39, 0.29) is 6.04 Å². The predicted molar refractivity (Wildman–Crippen MR) is 90.1 cm³/mol. The summed E-state index contributed by atoms with van der Waals surface area (Å²) >= 11 is 5.38. The molecule has 104 valence electrons. The molecule has 0 amide bonds. The Hall–Kier alpha value is -1.87. The molecule has 20 heavy (non-hydrogen) atoms. The fraction of sp³-hybridized carbons (Fsp3) is 0.235. The van der Waals surface area contributed by atoms with Crippen LogP contribution in [0.25, 0.3) is 0 Å². The zero-order chi connectivity index (χ0) is 14.5. The lowest BCUT2D eigenvalue weighted by Gasteiger charge is -2.17. The second-order valence-corrected chi connectivity index (χ2v) is 5.52. The Labute approximate surface area is 126 Å². The van der Waals surface area contributed by atoms with Crippen molar-refractivity contribution in [3.05, 3.63) is 65.2 Å². The normalized spacial score (nSPS) is 11.8. The first-order valence-electron chi connectivity index (χ1n) is 6.75. The molecule has 0 saturated heterocycles. The third-order valence-electron chi connectivity index (χ3n) is 3.13. The topological polar surface area (TPSA) is 24.1 Å². The van der Waals surface area contributed by atoms with Crippen molar-refractivity contribution in [3.63, 3.8) is 0 Å². The van der Waals surface area contributed by atoms with Crippen LogP contribution in [0.4, 0.5) is 5.69 Å². The van der Waals surface area contributed by atoms with Crippen molar-refractivity contribution < 1.29 is 0 Å². The molecule has 0 aliphatic rings. The maximum Gasteiger partial charge on any atom is 0.171 e. The van der Waals surface area contributed by atoms with E-state index in [9.17, 15) is 0 Å². The Morgan fingerprint density at radius 3 is 2.20 bits per heavy atom. The van der Waals surface area contributed by atoms with Gasteiger partial charge < -0.3 is 10.6 Å².